The van der Waals surface area contributed by atoms with Gasteiger partial charge in [0.1, 0.15) is 6.61 Å². The molecule has 1 aliphatic carbocycles. The molecule has 0 bridgehead atoms. The molecule has 2 aliphatic rings. The maximum atomic E-state index is 13.2. The van der Waals surface area contributed by atoms with Crippen LogP contribution in [-0.4, -0.2) is 54.8 Å². The molecule has 7 rings (SSSR count). The number of hydrogen-bond acceptors (Lipinski definition) is 6. The maximum absolute atomic E-state index is 13.2. The molecule has 0 unspecified atom stereocenters. The summed E-state index contributed by atoms with van der Waals surface area (Å²) in [7, 11) is 1.42. The summed E-state index contributed by atoms with van der Waals surface area (Å²) in [6, 6.07) is 34.4. The largest absolute Gasteiger partial charge is 0.465 e. The van der Waals surface area contributed by atoms with Crippen LogP contribution in [0.1, 0.15) is 45.8 Å². The summed E-state index contributed by atoms with van der Waals surface area (Å²) in [4.78, 5) is 33.5. The number of para-hydroxylation sites is 1. The number of aromatic nitrogens is 1. The fraction of sp³-hybridized carbons (Fsp3) is 0.237. The number of nitrogens with zero attached hydrogens (tertiary/aromatic N) is 2. The number of esters is 1. The van der Waals surface area contributed by atoms with Gasteiger partial charge < -0.3 is 14.8 Å². The summed E-state index contributed by atoms with van der Waals surface area (Å²) in [5.74, 6) is -0.337. The zero-order valence-corrected chi connectivity index (χ0v) is 25.2. The Hall–Kier alpha value is -5.01. The van der Waals surface area contributed by atoms with Gasteiger partial charge in [-0.3, -0.25) is 4.90 Å². The lowest BCUT2D eigenvalue weighted by Crippen LogP contribution is -2.44. The van der Waals surface area contributed by atoms with Crippen molar-refractivity contribution in [3.8, 4) is 22.4 Å². The van der Waals surface area contributed by atoms with Crippen molar-refractivity contribution in [1.82, 2.24) is 15.2 Å². The van der Waals surface area contributed by atoms with E-state index in [1.807, 2.05) is 78.9 Å². The Morgan fingerprint density at radius 1 is 0.822 bits per heavy atom. The molecule has 226 valence electrons. The number of rotatable bonds is 7. The van der Waals surface area contributed by atoms with E-state index >= 15 is 0 Å². The fourth-order valence-corrected chi connectivity index (χ4v) is 6.84. The zero-order chi connectivity index (χ0) is 30.8. The number of carbonyl (C=O) groups is 2. The molecular formula is C38H35N3O4. The number of likely N-dealkylation sites (tertiary alicyclic amines) is 1. The average molecular weight is 598 g/mol. The van der Waals surface area contributed by atoms with Crippen molar-refractivity contribution in [3.63, 3.8) is 0 Å². The van der Waals surface area contributed by atoms with Crippen molar-refractivity contribution in [2.45, 2.75) is 31.3 Å². The molecule has 7 nitrogen and oxygen atoms in total. The minimum absolute atomic E-state index is 0.0142. The number of alkyl carbamates (subject to hydrolysis) is 1. The molecule has 1 aromatic heterocycles. The van der Waals surface area contributed by atoms with Gasteiger partial charge in [0, 0.05) is 48.1 Å². The van der Waals surface area contributed by atoms with Crippen molar-refractivity contribution >= 4 is 23.0 Å². The second-order valence-electron chi connectivity index (χ2n) is 11.7. The summed E-state index contributed by atoms with van der Waals surface area (Å²) in [5.41, 5.74) is 8.72. The van der Waals surface area contributed by atoms with E-state index in [9.17, 15) is 9.59 Å². The number of benzene rings is 4. The Morgan fingerprint density at radius 3 is 2.13 bits per heavy atom. The Morgan fingerprint density at radius 2 is 1.44 bits per heavy atom. The molecule has 2 heterocycles. The first kappa shape index (κ1) is 28.7. The lowest BCUT2D eigenvalue weighted by atomic mass is 9.95. The van der Waals surface area contributed by atoms with E-state index in [0.717, 1.165) is 53.7 Å². The highest BCUT2D eigenvalue weighted by atomic mass is 16.5. The molecule has 0 radical (unpaired) electrons. The smallest absolute Gasteiger partial charge is 0.407 e. The second-order valence-corrected chi connectivity index (χ2v) is 11.7. The number of ether oxygens (including phenoxy) is 2. The third-order valence-corrected chi connectivity index (χ3v) is 9.06. The normalized spacial score (nSPS) is 15.0. The topological polar surface area (TPSA) is 80.8 Å². The van der Waals surface area contributed by atoms with Crippen molar-refractivity contribution in [1.29, 1.82) is 0 Å². The van der Waals surface area contributed by atoms with E-state index in [1.165, 1.54) is 29.4 Å². The van der Waals surface area contributed by atoms with Gasteiger partial charge in [0.25, 0.3) is 0 Å². The van der Waals surface area contributed by atoms with Crippen LogP contribution in [0.15, 0.2) is 103 Å². The minimum atomic E-state index is -0.381. The summed E-state index contributed by atoms with van der Waals surface area (Å²) in [6.45, 7) is 2.36. The number of methoxy groups -OCH3 is 1. The lowest BCUT2D eigenvalue weighted by Gasteiger charge is -2.33. The molecule has 0 saturated carbocycles. The van der Waals surface area contributed by atoms with E-state index in [-0.39, 0.29) is 24.0 Å². The average Bonchev–Trinajstić information content (AvgIpc) is 3.41. The van der Waals surface area contributed by atoms with Crippen molar-refractivity contribution in [3.05, 3.63) is 125 Å². The first-order valence-corrected chi connectivity index (χ1v) is 15.5. The van der Waals surface area contributed by atoms with Crippen LogP contribution in [0.3, 0.4) is 0 Å². The van der Waals surface area contributed by atoms with Gasteiger partial charge in [-0.15, -0.1) is 0 Å². The van der Waals surface area contributed by atoms with Crippen LogP contribution in [0.25, 0.3) is 33.3 Å². The second kappa shape index (κ2) is 12.5. The van der Waals surface area contributed by atoms with Crippen molar-refractivity contribution in [2.24, 2.45) is 0 Å². The molecule has 1 fully saturated rings. The molecule has 1 N–H and O–H groups in total. The van der Waals surface area contributed by atoms with E-state index in [2.05, 4.69) is 34.5 Å². The number of hydrogen-bond donors (Lipinski definition) is 1. The van der Waals surface area contributed by atoms with Crippen LogP contribution >= 0.6 is 0 Å². The fourth-order valence-electron chi connectivity index (χ4n) is 6.84. The van der Waals surface area contributed by atoms with E-state index < -0.39 is 0 Å². The molecule has 0 atom stereocenters. The molecule has 45 heavy (non-hydrogen) atoms. The van der Waals surface area contributed by atoms with Crippen LogP contribution in [0.2, 0.25) is 0 Å². The third kappa shape index (κ3) is 5.67. The van der Waals surface area contributed by atoms with Crippen LogP contribution in [0, 0.1) is 0 Å². The quantitative estimate of drug-likeness (QED) is 0.200. The van der Waals surface area contributed by atoms with Gasteiger partial charge in [-0.1, -0.05) is 97.1 Å². The van der Waals surface area contributed by atoms with E-state index in [4.69, 9.17) is 14.5 Å². The predicted octanol–water partition coefficient (Wildman–Crippen LogP) is 7.19. The Bertz CT molecular complexity index is 1820. The molecule has 1 amide bonds. The first-order chi connectivity index (χ1) is 22.1. The maximum Gasteiger partial charge on any atom is 0.407 e. The highest BCUT2D eigenvalue weighted by molar-refractivity contribution is 6.06. The summed E-state index contributed by atoms with van der Waals surface area (Å²) in [5, 5.41) is 3.88. The number of piperidine rings is 1. The van der Waals surface area contributed by atoms with Gasteiger partial charge in [-0.2, -0.15) is 0 Å². The van der Waals surface area contributed by atoms with Gasteiger partial charge in [0.05, 0.1) is 23.9 Å². The molecule has 4 aromatic carbocycles. The van der Waals surface area contributed by atoms with Gasteiger partial charge in [0.15, 0.2) is 0 Å². The van der Waals surface area contributed by atoms with Gasteiger partial charge in [-0.25, -0.2) is 14.6 Å². The van der Waals surface area contributed by atoms with Crippen LogP contribution < -0.4 is 5.32 Å². The monoisotopic (exact) mass is 597 g/mol. The van der Waals surface area contributed by atoms with Crippen LogP contribution in [0.5, 0.6) is 0 Å². The SMILES string of the molecule is COC(=O)c1c(CN2CCC(NC(=O)OCC3c4ccccc4-c4ccccc43)CC2)c(-c2ccccc2)nc2ccccc12. The summed E-state index contributed by atoms with van der Waals surface area (Å²) < 4.78 is 11.1. The number of fused-ring (bicyclic) bond motifs is 4. The van der Waals surface area contributed by atoms with Gasteiger partial charge in [0.2, 0.25) is 0 Å². The Kier molecular flexibility index (Phi) is 8.01. The summed E-state index contributed by atoms with van der Waals surface area (Å²) in [6.07, 6.45) is 1.17. The van der Waals surface area contributed by atoms with Crippen LogP contribution in [-0.2, 0) is 16.0 Å². The number of carbonyl (C=O) groups excluding carboxylic acids is 2. The Balaban J connectivity index is 1.03. The van der Waals surface area contributed by atoms with E-state index in [1.54, 1.807) is 0 Å². The standard InChI is InChI=1S/C38H35N3O4/c1-44-37(42)35-31-17-9-10-18-34(31)40-36(25-11-3-2-4-12-25)32(35)23-41-21-19-26(20-22-41)39-38(43)45-24-33-29-15-7-5-13-27(29)28-14-6-8-16-30(28)33/h2-18,26,33H,19-24H2,1H3,(H,39,43). The first-order valence-electron chi connectivity index (χ1n) is 15.5. The summed E-state index contributed by atoms with van der Waals surface area (Å²) >= 11 is 0. The molecule has 5 aromatic rings. The molecule has 7 heteroatoms. The molecule has 1 aliphatic heterocycles. The Labute approximate surface area is 262 Å². The number of pyridine rings is 1. The number of amides is 1. The molecule has 0 spiro atoms. The van der Waals surface area contributed by atoms with Crippen LogP contribution in [0.4, 0.5) is 4.79 Å². The minimum Gasteiger partial charge on any atom is -0.465 e. The predicted molar refractivity (Wildman–Crippen MR) is 175 cm³/mol. The zero-order valence-electron chi connectivity index (χ0n) is 25.2. The molecular weight excluding hydrogens is 562 g/mol. The van der Waals surface area contributed by atoms with Gasteiger partial charge in [-0.05, 0) is 41.2 Å². The lowest BCUT2D eigenvalue weighted by molar-refractivity contribution is 0.0599. The van der Waals surface area contributed by atoms with Crippen molar-refractivity contribution in [2.75, 3.05) is 26.8 Å². The van der Waals surface area contributed by atoms with E-state index in [0.29, 0.717) is 18.7 Å². The molecule has 1 saturated heterocycles. The third-order valence-electron chi connectivity index (χ3n) is 9.06. The van der Waals surface area contributed by atoms with Crippen molar-refractivity contribution < 1.29 is 19.1 Å². The number of nitrogens with one attached hydrogen (secondary N) is 1. The highest BCUT2D eigenvalue weighted by Gasteiger charge is 2.30. The van der Waals surface area contributed by atoms with Gasteiger partial charge >= 0.3 is 12.1 Å². The highest BCUT2D eigenvalue weighted by Crippen LogP contribution is 2.44.